The molecule has 3 unspecified atom stereocenters. The highest BCUT2D eigenvalue weighted by Gasteiger charge is 2.61. The van der Waals surface area contributed by atoms with Crippen LogP contribution in [0.2, 0.25) is 5.02 Å². The summed E-state index contributed by atoms with van der Waals surface area (Å²) in [6.45, 7) is 4.81. The van der Waals surface area contributed by atoms with Gasteiger partial charge in [-0.15, -0.1) is 0 Å². The molecule has 1 aliphatic heterocycles. The number of aliphatic hydroxyl groups excluding tert-OH is 1. The van der Waals surface area contributed by atoms with Crippen LogP contribution in [0.3, 0.4) is 0 Å². The predicted molar refractivity (Wildman–Crippen MR) is 120 cm³/mol. The van der Waals surface area contributed by atoms with Crippen LogP contribution in [-0.2, 0) is 11.2 Å². The average Bonchev–Trinajstić information content (AvgIpc) is 3.02. The van der Waals surface area contributed by atoms with Crippen LogP contribution in [0.4, 0.5) is 0 Å². The lowest BCUT2D eigenvalue weighted by Crippen LogP contribution is -2.63. The Balaban J connectivity index is 1.42. The number of fused-ring (bicyclic) bond motifs is 5. The second kappa shape index (κ2) is 7.10. The Morgan fingerprint density at radius 2 is 2.03 bits per heavy atom. The number of amides is 1. The molecule has 4 heteroatoms. The van der Waals surface area contributed by atoms with Crippen LogP contribution in [0, 0.1) is 34.5 Å². The summed E-state index contributed by atoms with van der Waals surface area (Å²) in [5.41, 5.74) is 1.62. The highest BCUT2D eigenvalue weighted by atomic mass is 35.5. The minimum Gasteiger partial charge on any atom is -0.393 e. The molecular weight excluding hydrogens is 394 g/mol. The van der Waals surface area contributed by atoms with E-state index >= 15 is 0 Å². The molecular formula is C26H34ClNO2. The summed E-state index contributed by atoms with van der Waals surface area (Å²) in [6, 6.07) is 8.41. The predicted octanol–water partition coefficient (Wildman–Crippen LogP) is 5.11. The Morgan fingerprint density at radius 3 is 2.80 bits per heavy atom. The molecule has 0 saturated heterocycles. The number of benzene rings is 1. The standard InChI is InChI=1S/C26H34ClNO2/c1-25-9-7-19-24(21(29)14-22-26(19,2)10-8-23(30)28(22)3)20(25)13-17(15-25)11-16-5-4-6-18(27)12-16/h4-6,8,10,12,17,19-22,24,29H,7,9,11,13-15H2,1-3H3/t17?,19-,20+,21?,22?,24-,25-,26-/m1/s1. The maximum atomic E-state index is 12.3. The molecule has 8 atom stereocenters. The summed E-state index contributed by atoms with van der Waals surface area (Å²) in [7, 11) is 1.91. The Labute approximate surface area is 185 Å². The van der Waals surface area contributed by atoms with Gasteiger partial charge in [-0.2, -0.15) is 0 Å². The van der Waals surface area contributed by atoms with Gasteiger partial charge in [-0.1, -0.05) is 43.7 Å². The maximum absolute atomic E-state index is 12.3. The van der Waals surface area contributed by atoms with E-state index in [4.69, 9.17) is 11.6 Å². The van der Waals surface area contributed by atoms with Crippen LogP contribution in [0.1, 0.15) is 51.5 Å². The van der Waals surface area contributed by atoms with Crippen molar-refractivity contribution in [2.24, 2.45) is 34.5 Å². The van der Waals surface area contributed by atoms with E-state index in [1.165, 1.54) is 24.8 Å². The summed E-state index contributed by atoms with van der Waals surface area (Å²) in [6.07, 6.45) is 10.2. The minimum atomic E-state index is -0.315. The molecule has 30 heavy (non-hydrogen) atoms. The van der Waals surface area contributed by atoms with E-state index in [2.05, 4.69) is 38.1 Å². The number of halogens is 1. The van der Waals surface area contributed by atoms with Crippen molar-refractivity contribution in [3.8, 4) is 0 Å². The minimum absolute atomic E-state index is 0.0288. The zero-order chi connectivity index (χ0) is 21.3. The van der Waals surface area contributed by atoms with E-state index in [0.717, 1.165) is 17.9 Å². The van der Waals surface area contributed by atoms with Gasteiger partial charge in [0.05, 0.1) is 6.10 Å². The van der Waals surface area contributed by atoms with E-state index in [1.807, 2.05) is 18.0 Å². The lowest BCUT2D eigenvalue weighted by atomic mass is 9.48. The normalized spacial score (nSPS) is 45.1. The van der Waals surface area contributed by atoms with Crippen LogP contribution >= 0.6 is 11.6 Å². The summed E-state index contributed by atoms with van der Waals surface area (Å²) in [4.78, 5) is 14.2. The van der Waals surface area contributed by atoms with Crippen LogP contribution < -0.4 is 0 Å². The highest BCUT2D eigenvalue weighted by molar-refractivity contribution is 6.30. The van der Waals surface area contributed by atoms with Gasteiger partial charge in [0.1, 0.15) is 0 Å². The zero-order valence-electron chi connectivity index (χ0n) is 18.4. The third-order valence-corrected chi connectivity index (χ3v) is 9.67. The third-order valence-electron chi connectivity index (χ3n) is 9.43. The summed E-state index contributed by atoms with van der Waals surface area (Å²) in [5.74, 6) is 2.07. The fourth-order valence-electron chi connectivity index (χ4n) is 8.04. The first-order chi connectivity index (χ1) is 14.2. The van der Waals surface area contributed by atoms with E-state index in [1.54, 1.807) is 6.08 Å². The Kier molecular flexibility index (Phi) is 4.87. The summed E-state index contributed by atoms with van der Waals surface area (Å²) >= 11 is 6.22. The van der Waals surface area contributed by atoms with Gasteiger partial charge in [0.15, 0.2) is 0 Å². The highest BCUT2D eigenvalue weighted by Crippen LogP contribution is 2.65. The molecule has 4 aliphatic rings. The van der Waals surface area contributed by atoms with Crippen molar-refractivity contribution in [3.63, 3.8) is 0 Å². The Morgan fingerprint density at radius 1 is 1.23 bits per heavy atom. The largest absolute Gasteiger partial charge is 0.393 e. The number of carbonyl (C=O) groups excluding carboxylic acids is 1. The summed E-state index contributed by atoms with van der Waals surface area (Å²) < 4.78 is 0. The van der Waals surface area contributed by atoms with Gasteiger partial charge >= 0.3 is 0 Å². The van der Waals surface area contributed by atoms with E-state index in [9.17, 15) is 9.90 Å². The number of carbonyl (C=O) groups is 1. The van der Waals surface area contributed by atoms with Gasteiger partial charge in [0.25, 0.3) is 0 Å². The van der Waals surface area contributed by atoms with Crippen molar-refractivity contribution in [1.82, 2.24) is 4.90 Å². The topological polar surface area (TPSA) is 40.5 Å². The molecule has 5 rings (SSSR count). The van der Waals surface area contributed by atoms with Crippen molar-refractivity contribution in [2.75, 3.05) is 7.05 Å². The number of likely N-dealkylation sites (N-methyl/N-ethyl adjacent to an activating group) is 1. The molecule has 0 spiro atoms. The number of hydrogen-bond donors (Lipinski definition) is 1. The fourth-order valence-corrected chi connectivity index (χ4v) is 8.25. The van der Waals surface area contributed by atoms with Crippen LogP contribution in [-0.4, -0.2) is 35.1 Å². The summed E-state index contributed by atoms with van der Waals surface area (Å²) in [5, 5.41) is 12.2. The average molecular weight is 428 g/mol. The van der Waals surface area contributed by atoms with Gasteiger partial charge in [-0.05, 0) is 91.4 Å². The van der Waals surface area contributed by atoms with Gasteiger partial charge in [0.2, 0.25) is 5.91 Å². The Hall–Kier alpha value is -1.32. The molecule has 1 aromatic carbocycles. The Bertz CT molecular complexity index is 884. The van der Waals surface area contributed by atoms with Crippen LogP contribution in [0.15, 0.2) is 36.4 Å². The van der Waals surface area contributed by atoms with Crippen LogP contribution in [0.25, 0.3) is 0 Å². The molecule has 0 aromatic heterocycles. The number of nitrogens with zero attached hydrogens (tertiary/aromatic N) is 1. The lowest BCUT2D eigenvalue weighted by molar-refractivity contribution is -0.154. The molecule has 162 valence electrons. The number of hydrogen-bond acceptors (Lipinski definition) is 2. The first kappa shape index (κ1) is 20.6. The SMILES string of the molecule is CN1C(=O)C=C[C@@]2(C)C1CC(O)[C@@H]1[C@H]2CC[C@]2(C)CC(Cc3cccc(Cl)c3)C[C@@H]12. The second-order valence-corrected chi connectivity index (χ2v) is 11.5. The van der Waals surface area contributed by atoms with E-state index in [-0.39, 0.29) is 23.5 Å². The fraction of sp³-hybridized carbons (Fsp3) is 0.654. The zero-order valence-corrected chi connectivity index (χ0v) is 19.1. The molecule has 0 radical (unpaired) electrons. The molecule has 1 aromatic rings. The van der Waals surface area contributed by atoms with Crippen molar-refractivity contribution >= 4 is 17.5 Å². The molecule has 1 amide bonds. The number of aliphatic hydroxyl groups is 1. The molecule has 3 nitrogen and oxygen atoms in total. The van der Waals surface area contributed by atoms with Crippen LogP contribution in [0.5, 0.6) is 0 Å². The lowest BCUT2D eigenvalue weighted by Gasteiger charge is -2.61. The molecule has 0 bridgehead atoms. The van der Waals surface area contributed by atoms with Crippen molar-refractivity contribution in [1.29, 1.82) is 0 Å². The monoisotopic (exact) mass is 427 g/mol. The van der Waals surface area contributed by atoms with E-state index in [0.29, 0.717) is 35.5 Å². The first-order valence-corrected chi connectivity index (χ1v) is 12.0. The molecule has 3 fully saturated rings. The first-order valence-electron chi connectivity index (χ1n) is 11.6. The van der Waals surface area contributed by atoms with Gasteiger partial charge < -0.3 is 10.0 Å². The van der Waals surface area contributed by atoms with Crippen molar-refractivity contribution in [3.05, 3.63) is 47.0 Å². The van der Waals surface area contributed by atoms with E-state index < -0.39 is 0 Å². The van der Waals surface area contributed by atoms with Crippen molar-refractivity contribution < 1.29 is 9.90 Å². The van der Waals surface area contributed by atoms with Gasteiger partial charge in [-0.3, -0.25) is 4.79 Å². The quantitative estimate of drug-likeness (QED) is 0.712. The van der Waals surface area contributed by atoms with Gasteiger partial charge in [-0.25, -0.2) is 0 Å². The van der Waals surface area contributed by atoms with Crippen molar-refractivity contribution in [2.45, 2.75) is 64.5 Å². The molecule has 1 N–H and O–H groups in total. The second-order valence-electron chi connectivity index (χ2n) is 11.1. The third kappa shape index (κ3) is 3.07. The molecule has 3 saturated carbocycles. The maximum Gasteiger partial charge on any atom is 0.246 e. The van der Waals surface area contributed by atoms with Gasteiger partial charge in [0, 0.05) is 23.5 Å². The number of rotatable bonds is 2. The molecule has 1 heterocycles. The molecule has 3 aliphatic carbocycles. The smallest absolute Gasteiger partial charge is 0.246 e.